The van der Waals surface area contributed by atoms with E-state index in [1.807, 2.05) is 0 Å². The van der Waals surface area contributed by atoms with Crippen molar-refractivity contribution in [2.24, 2.45) is 5.92 Å². The summed E-state index contributed by atoms with van der Waals surface area (Å²) in [6, 6.07) is 0. The molecule has 0 aliphatic heterocycles. The zero-order valence-corrected chi connectivity index (χ0v) is 9.44. The van der Waals surface area contributed by atoms with Gasteiger partial charge in [0.2, 0.25) is 0 Å². The third kappa shape index (κ3) is 3.98. The minimum atomic E-state index is -0.229. The predicted molar refractivity (Wildman–Crippen MR) is 58.8 cm³/mol. The highest BCUT2D eigenvalue weighted by Crippen LogP contribution is 2.09. The van der Waals surface area contributed by atoms with Gasteiger partial charge in [0.05, 0.1) is 6.20 Å². The van der Waals surface area contributed by atoms with Crippen molar-refractivity contribution >= 4 is 5.91 Å². The molecule has 6 heteroatoms. The van der Waals surface area contributed by atoms with E-state index < -0.39 is 0 Å². The molecule has 0 saturated carbocycles. The number of H-pyrrole nitrogens is 1. The Morgan fingerprint density at radius 2 is 2.44 bits per heavy atom. The first-order valence-electron chi connectivity index (χ1n) is 5.52. The first-order chi connectivity index (χ1) is 7.77. The van der Waals surface area contributed by atoms with E-state index in [1.54, 1.807) is 0 Å². The minimum absolute atomic E-state index is 0.157. The van der Waals surface area contributed by atoms with Gasteiger partial charge >= 0.3 is 0 Å². The van der Waals surface area contributed by atoms with Crippen molar-refractivity contribution in [2.75, 3.05) is 13.2 Å². The second kappa shape index (κ2) is 6.95. The van der Waals surface area contributed by atoms with E-state index in [-0.39, 0.29) is 12.5 Å². The van der Waals surface area contributed by atoms with Gasteiger partial charge in [0.15, 0.2) is 5.69 Å². The molecule has 0 aliphatic rings. The van der Waals surface area contributed by atoms with Gasteiger partial charge in [0, 0.05) is 13.2 Å². The average Bonchev–Trinajstić information content (AvgIpc) is 2.79. The summed E-state index contributed by atoms with van der Waals surface area (Å²) in [6.45, 7) is 2.81. The summed E-state index contributed by atoms with van der Waals surface area (Å²) in [4.78, 5) is 11.5. The molecule has 0 spiro atoms. The highest BCUT2D eigenvalue weighted by molar-refractivity contribution is 5.91. The molecular formula is C10H18N4O2. The maximum atomic E-state index is 11.5. The lowest BCUT2D eigenvalue weighted by Crippen LogP contribution is -2.30. The van der Waals surface area contributed by atoms with Gasteiger partial charge in [0.25, 0.3) is 5.91 Å². The van der Waals surface area contributed by atoms with Gasteiger partial charge in [-0.3, -0.25) is 4.79 Å². The van der Waals surface area contributed by atoms with Crippen molar-refractivity contribution < 1.29 is 9.90 Å². The number of carbonyl (C=O) groups excluding carboxylic acids is 1. The predicted octanol–water partition coefficient (Wildman–Crippen LogP) is 0.333. The summed E-state index contributed by atoms with van der Waals surface area (Å²) in [5, 5.41) is 21.3. The van der Waals surface area contributed by atoms with Crippen molar-refractivity contribution in [3.05, 3.63) is 11.9 Å². The Hall–Kier alpha value is -1.43. The Kier molecular flexibility index (Phi) is 5.49. The second-order valence-electron chi connectivity index (χ2n) is 3.73. The first-order valence-corrected chi connectivity index (χ1v) is 5.52. The fourth-order valence-electron chi connectivity index (χ4n) is 1.58. The summed E-state index contributed by atoms with van der Waals surface area (Å²) in [7, 11) is 0. The lowest BCUT2D eigenvalue weighted by molar-refractivity contribution is 0.0938. The Balaban J connectivity index is 2.34. The Bertz CT molecular complexity index is 294. The lowest BCUT2D eigenvalue weighted by atomic mass is 10.0. The molecule has 90 valence electrons. The lowest BCUT2D eigenvalue weighted by Gasteiger charge is -2.14. The van der Waals surface area contributed by atoms with Gasteiger partial charge in [-0.1, -0.05) is 13.3 Å². The van der Waals surface area contributed by atoms with Gasteiger partial charge in [-0.2, -0.15) is 15.4 Å². The zero-order valence-electron chi connectivity index (χ0n) is 9.44. The van der Waals surface area contributed by atoms with Crippen LogP contribution in [0.15, 0.2) is 6.20 Å². The molecule has 0 saturated heterocycles. The molecule has 1 amide bonds. The van der Waals surface area contributed by atoms with Crippen LogP contribution in [0.2, 0.25) is 0 Å². The number of aliphatic hydroxyl groups excluding tert-OH is 1. The molecule has 1 rings (SSSR count). The SMILES string of the molecule is CCCC(CCO)CNC(=O)c1cn[nH]n1. The Labute approximate surface area is 94.4 Å². The molecule has 1 heterocycles. The molecular weight excluding hydrogens is 208 g/mol. The number of nitrogens with zero attached hydrogens (tertiary/aromatic N) is 2. The number of nitrogens with one attached hydrogen (secondary N) is 2. The highest BCUT2D eigenvalue weighted by Gasteiger charge is 2.12. The number of amides is 1. The highest BCUT2D eigenvalue weighted by atomic mass is 16.3. The van der Waals surface area contributed by atoms with Crippen molar-refractivity contribution in [1.82, 2.24) is 20.7 Å². The van der Waals surface area contributed by atoms with Gasteiger partial charge in [-0.05, 0) is 18.8 Å². The number of aromatic nitrogens is 3. The van der Waals surface area contributed by atoms with Crippen LogP contribution in [0.1, 0.15) is 36.7 Å². The maximum absolute atomic E-state index is 11.5. The van der Waals surface area contributed by atoms with Crippen LogP contribution in [0, 0.1) is 5.92 Å². The number of rotatable bonds is 7. The number of hydrogen-bond donors (Lipinski definition) is 3. The standard InChI is InChI=1S/C10H18N4O2/c1-2-3-8(4-5-15)6-11-10(16)9-7-12-14-13-9/h7-8,15H,2-6H2,1H3,(H,11,16)(H,12,13,14). The van der Waals surface area contributed by atoms with E-state index in [0.29, 0.717) is 24.6 Å². The smallest absolute Gasteiger partial charge is 0.273 e. The zero-order chi connectivity index (χ0) is 11.8. The number of aliphatic hydroxyl groups is 1. The van der Waals surface area contributed by atoms with Crippen molar-refractivity contribution in [2.45, 2.75) is 26.2 Å². The van der Waals surface area contributed by atoms with Crippen LogP contribution in [0.25, 0.3) is 0 Å². The summed E-state index contributed by atoms with van der Waals surface area (Å²) < 4.78 is 0. The summed E-state index contributed by atoms with van der Waals surface area (Å²) in [5.74, 6) is 0.0960. The number of aromatic amines is 1. The number of carbonyl (C=O) groups is 1. The van der Waals surface area contributed by atoms with Crippen molar-refractivity contribution in [3.8, 4) is 0 Å². The van der Waals surface area contributed by atoms with Gasteiger partial charge < -0.3 is 10.4 Å². The molecule has 16 heavy (non-hydrogen) atoms. The number of hydrogen-bond acceptors (Lipinski definition) is 4. The monoisotopic (exact) mass is 226 g/mol. The van der Waals surface area contributed by atoms with Gasteiger partial charge in [-0.25, -0.2) is 0 Å². The van der Waals surface area contributed by atoms with E-state index in [4.69, 9.17) is 5.11 Å². The second-order valence-corrected chi connectivity index (χ2v) is 3.73. The fourth-order valence-corrected chi connectivity index (χ4v) is 1.58. The summed E-state index contributed by atoms with van der Waals surface area (Å²) in [6.07, 6.45) is 4.15. The van der Waals surface area contributed by atoms with Crippen LogP contribution in [0.3, 0.4) is 0 Å². The molecule has 3 N–H and O–H groups in total. The quantitative estimate of drug-likeness (QED) is 0.625. The molecule has 1 atom stereocenters. The van der Waals surface area contributed by atoms with Crippen LogP contribution in [0.4, 0.5) is 0 Å². The topological polar surface area (TPSA) is 90.9 Å². The third-order valence-corrected chi connectivity index (χ3v) is 2.43. The molecule has 6 nitrogen and oxygen atoms in total. The van der Waals surface area contributed by atoms with E-state index in [2.05, 4.69) is 27.7 Å². The van der Waals surface area contributed by atoms with E-state index >= 15 is 0 Å². The average molecular weight is 226 g/mol. The molecule has 0 bridgehead atoms. The molecule has 0 aliphatic carbocycles. The van der Waals surface area contributed by atoms with Crippen LogP contribution < -0.4 is 5.32 Å². The van der Waals surface area contributed by atoms with Gasteiger partial charge in [0.1, 0.15) is 0 Å². The molecule has 0 fully saturated rings. The van der Waals surface area contributed by atoms with E-state index in [9.17, 15) is 4.79 Å². The minimum Gasteiger partial charge on any atom is -0.396 e. The van der Waals surface area contributed by atoms with Crippen LogP contribution in [-0.2, 0) is 0 Å². The van der Waals surface area contributed by atoms with Crippen LogP contribution in [0.5, 0.6) is 0 Å². The Morgan fingerprint density at radius 3 is 3.00 bits per heavy atom. The van der Waals surface area contributed by atoms with E-state index in [0.717, 1.165) is 12.8 Å². The molecule has 0 radical (unpaired) electrons. The fraction of sp³-hybridized carbons (Fsp3) is 0.700. The molecule has 1 aromatic heterocycles. The van der Waals surface area contributed by atoms with Crippen molar-refractivity contribution in [3.63, 3.8) is 0 Å². The Morgan fingerprint density at radius 1 is 1.62 bits per heavy atom. The van der Waals surface area contributed by atoms with Gasteiger partial charge in [-0.15, -0.1) is 0 Å². The van der Waals surface area contributed by atoms with Crippen molar-refractivity contribution in [1.29, 1.82) is 0 Å². The third-order valence-electron chi connectivity index (χ3n) is 2.43. The van der Waals surface area contributed by atoms with Crippen LogP contribution >= 0.6 is 0 Å². The normalized spacial score (nSPS) is 12.4. The molecule has 1 unspecified atom stereocenters. The van der Waals surface area contributed by atoms with E-state index in [1.165, 1.54) is 6.20 Å². The summed E-state index contributed by atoms with van der Waals surface area (Å²) >= 11 is 0. The largest absolute Gasteiger partial charge is 0.396 e. The van der Waals surface area contributed by atoms with Crippen LogP contribution in [-0.4, -0.2) is 39.6 Å². The maximum Gasteiger partial charge on any atom is 0.273 e. The summed E-state index contributed by atoms with van der Waals surface area (Å²) in [5.41, 5.74) is 0.291. The molecule has 1 aromatic rings. The first kappa shape index (κ1) is 12.6. The molecule has 0 aromatic carbocycles.